The molecule has 0 unspecified atom stereocenters. The number of hydrogen-bond donors (Lipinski definition) is 1. The summed E-state index contributed by atoms with van der Waals surface area (Å²) in [7, 11) is 0. The molecule has 8 heteroatoms. The Kier molecular flexibility index (Phi) is 9.65. The summed E-state index contributed by atoms with van der Waals surface area (Å²) in [6, 6.07) is 8.73. The molecule has 1 N–H and O–H groups in total. The van der Waals surface area contributed by atoms with E-state index in [1.165, 1.54) is 11.3 Å². The van der Waals surface area contributed by atoms with Crippen molar-refractivity contribution in [1.29, 1.82) is 0 Å². The second-order valence-electron chi connectivity index (χ2n) is 8.41. The molecule has 0 aliphatic carbocycles. The summed E-state index contributed by atoms with van der Waals surface area (Å²) in [6.07, 6.45) is 6.19. The Morgan fingerprint density at radius 2 is 1.69 bits per heavy atom. The van der Waals surface area contributed by atoms with Crippen LogP contribution in [0.2, 0.25) is 0 Å². The number of likely N-dealkylation sites (tertiary alicyclic amines) is 1. The van der Waals surface area contributed by atoms with Crippen LogP contribution < -0.4 is 10.2 Å². The lowest BCUT2D eigenvalue weighted by Crippen LogP contribution is -2.50. The first-order chi connectivity index (χ1) is 15.2. The van der Waals surface area contributed by atoms with Crippen molar-refractivity contribution in [3.05, 3.63) is 42.0 Å². The normalized spacial score (nSPS) is 19.8. The number of morpholine rings is 1. The number of ether oxygens (including phenoxy) is 1. The number of nitrogens with one attached hydrogen (secondary N) is 1. The molecular formula is C24H36IN5O2. The van der Waals surface area contributed by atoms with Crippen molar-refractivity contribution < 1.29 is 9.53 Å². The first-order valence-corrected chi connectivity index (χ1v) is 11.6. The zero-order valence-corrected chi connectivity index (χ0v) is 21.4. The molecule has 1 aromatic rings. The maximum atomic E-state index is 12.8. The molecule has 0 spiro atoms. The van der Waals surface area contributed by atoms with Gasteiger partial charge in [-0.05, 0) is 37.5 Å². The van der Waals surface area contributed by atoms with Gasteiger partial charge in [-0.25, -0.2) is 4.99 Å². The van der Waals surface area contributed by atoms with Crippen LogP contribution in [-0.4, -0.2) is 80.7 Å². The molecule has 0 bridgehead atoms. The third-order valence-corrected chi connectivity index (χ3v) is 6.33. The van der Waals surface area contributed by atoms with Gasteiger partial charge < -0.3 is 24.8 Å². The van der Waals surface area contributed by atoms with E-state index in [4.69, 9.17) is 9.73 Å². The highest BCUT2D eigenvalue weighted by Gasteiger charge is 2.30. The van der Waals surface area contributed by atoms with Crippen molar-refractivity contribution in [3.8, 4) is 0 Å². The number of guanidine groups is 1. The fourth-order valence-electron chi connectivity index (χ4n) is 4.47. The number of hydrogen-bond acceptors (Lipinski definition) is 4. The maximum Gasteiger partial charge on any atom is 0.225 e. The van der Waals surface area contributed by atoms with Gasteiger partial charge >= 0.3 is 0 Å². The van der Waals surface area contributed by atoms with Gasteiger partial charge in [0.05, 0.1) is 19.8 Å². The molecule has 4 rings (SSSR count). The monoisotopic (exact) mass is 553 g/mol. The minimum atomic E-state index is 0. The average molecular weight is 553 g/mol. The van der Waals surface area contributed by atoms with Gasteiger partial charge in [0, 0.05) is 57.4 Å². The number of piperidine rings is 1. The maximum absolute atomic E-state index is 12.8. The number of anilines is 1. The van der Waals surface area contributed by atoms with Crippen LogP contribution >= 0.6 is 24.0 Å². The number of nitrogens with zero attached hydrogens (tertiary/aromatic N) is 4. The Hall–Kier alpha value is -1.81. The van der Waals surface area contributed by atoms with Gasteiger partial charge in [-0.15, -0.1) is 24.0 Å². The van der Waals surface area contributed by atoms with Crippen LogP contribution in [0.4, 0.5) is 5.69 Å². The van der Waals surface area contributed by atoms with Gasteiger partial charge in [0.2, 0.25) is 5.91 Å². The summed E-state index contributed by atoms with van der Waals surface area (Å²) in [5.41, 5.74) is 2.47. The van der Waals surface area contributed by atoms with Crippen molar-refractivity contribution >= 4 is 41.5 Å². The summed E-state index contributed by atoms with van der Waals surface area (Å²) < 4.78 is 5.38. The molecule has 3 aliphatic rings. The molecule has 1 amide bonds. The van der Waals surface area contributed by atoms with Crippen LogP contribution in [-0.2, 0) is 16.1 Å². The van der Waals surface area contributed by atoms with E-state index >= 15 is 0 Å². The molecule has 176 valence electrons. The lowest BCUT2D eigenvalue weighted by molar-refractivity contribution is -0.140. The minimum Gasteiger partial charge on any atom is -0.378 e. The van der Waals surface area contributed by atoms with Crippen LogP contribution in [0.3, 0.4) is 0 Å². The fraction of sp³-hybridized carbons (Fsp3) is 0.583. The van der Waals surface area contributed by atoms with Crippen LogP contribution in [0.5, 0.6) is 0 Å². The highest BCUT2D eigenvalue weighted by Crippen LogP contribution is 2.21. The molecule has 32 heavy (non-hydrogen) atoms. The molecule has 3 heterocycles. The Morgan fingerprint density at radius 1 is 1.03 bits per heavy atom. The van der Waals surface area contributed by atoms with Crippen molar-refractivity contribution in [2.24, 2.45) is 10.9 Å². The van der Waals surface area contributed by atoms with Gasteiger partial charge in [0.1, 0.15) is 0 Å². The van der Waals surface area contributed by atoms with E-state index in [0.717, 1.165) is 64.6 Å². The number of amides is 1. The quantitative estimate of drug-likeness (QED) is 0.263. The Labute approximate surface area is 208 Å². The van der Waals surface area contributed by atoms with Crippen molar-refractivity contribution in [1.82, 2.24) is 15.1 Å². The summed E-state index contributed by atoms with van der Waals surface area (Å²) >= 11 is 0. The van der Waals surface area contributed by atoms with E-state index in [0.29, 0.717) is 25.7 Å². The van der Waals surface area contributed by atoms with Crippen LogP contribution in [0.25, 0.3) is 0 Å². The molecule has 2 saturated heterocycles. The number of rotatable bonds is 5. The van der Waals surface area contributed by atoms with Gasteiger partial charge in [0.25, 0.3) is 0 Å². The Balaban J connectivity index is 0.00000289. The SMILES string of the molecule is CCNC(=NCc1ccc(N2CC=CC2)cc1)N1CCC(C(=O)N2CCOCC2)CC1.I. The second-order valence-corrected chi connectivity index (χ2v) is 8.41. The van der Waals surface area contributed by atoms with Crippen molar-refractivity contribution in [3.63, 3.8) is 0 Å². The average Bonchev–Trinajstić information content (AvgIpc) is 3.37. The van der Waals surface area contributed by atoms with Crippen molar-refractivity contribution in [2.45, 2.75) is 26.3 Å². The summed E-state index contributed by atoms with van der Waals surface area (Å²) in [5, 5.41) is 3.43. The van der Waals surface area contributed by atoms with Gasteiger partial charge in [-0.1, -0.05) is 24.3 Å². The third-order valence-electron chi connectivity index (χ3n) is 6.33. The van der Waals surface area contributed by atoms with Gasteiger partial charge in [0.15, 0.2) is 5.96 Å². The van der Waals surface area contributed by atoms with E-state index in [2.05, 4.69) is 58.5 Å². The second kappa shape index (κ2) is 12.4. The summed E-state index contributed by atoms with van der Waals surface area (Å²) in [5.74, 6) is 1.38. The van der Waals surface area contributed by atoms with Crippen LogP contribution in [0.15, 0.2) is 41.4 Å². The molecule has 3 aliphatic heterocycles. The molecule has 0 saturated carbocycles. The number of aliphatic imine (C=N–C) groups is 1. The molecule has 7 nitrogen and oxygen atoms in total. The zero-order valence-electron chi connectivity index (χ0n) is 19.0. The van der Waals surface area contributed by atoms with Gasteiger partial charge in [-0.3, -0.25) is 4.79 Å². The molecule has 0 aromatic heterocycles. The standard InChI is InChI=1S/C24H35N5O2.HI/c1-2-25-24(26-19-20-5-7-22(8-6-20)27-11-3-4-12-27)29-13-9-21(10-14-29)23(30)28-15-17-31-18-16-28;/h3-8,21H,2,9-19H2,1H3,(H,25,26);1H. The highest BCUT2D eigenvalue weighted by molar-refractivity contribution is 14.0. The molecular weight excluding hydrogens is 517 g/mol. The highest BCUT2D eigenvalue weighted by atomic mass is 127. The Bertz CT molecular complexity index is 776. The molecule has 1 aromatic carbocycles. The number of halogens is 1. The van der Waals surface area contributed by atoms with Gasteiger partial charge in [-0.2, -0.15) is 0 Å². The van der Waals surface area contributed by atoms with Crippen molar-refractivity contribution in [2.75, 3.05) is 63.9 Å². The first kappa shape index (κ1) is 24.8. The predicted octanol–water partition coefficient (Wildman–Crippen LogP) is 2.72. The Morgan fingerprint density at radius 3 is 2.31 bits per heavy atom. The largest absolute Gasteiger partial charge is 0.378 e. The van der Waals surface area contributed by atoms with E-state index in [1.54, 1.807) is 0 Å². The first-order valence-electron chi connectivity index (χ1n) is 11.6. The predicted molar refractivity (Wildman–Crippen MR) is 140 cm³/mol. The summed E-state index contributed by atoms with van der Waals surface area (Å²) in [4.78, 5) is 24.3. The fourth-order valence-corrected chi connectivity index (χ4v) is 4.47. The lowest BCUT2D eigenvalue weighted by Gasteiger charge is -2.36. The molecule has 2 fully saturated rings. The van der Waals surface area contributed by atoms with E-state index in [-0.39, 0.29) is 29.9 Å². The number of carbonyl (C=O) groups excluding carboxylic acids is 1. The lowest BCUT2D eigenvalue weighted by atomic mass is 9.95. The molecule has 0 atom stereocenters. The minimum absolute atomic E-state index is 0. The van der Waals surface area contributed by atoms with E-state index in [9.17, 15) is 4.79 Å². The number of carbonyl (C=O) groups is 1. The van der Waals surface area contributed by atoms with Crippen LogP contribution in [0.1, 0.15) is 25.3 Å². The number of benzene rings is 1. The zero-order chi connectivity index (χ0) is 21.5. The van der Waals surface area contributed by atoms with Crippen LogP contribution in [0, 0.1) is 5.92 Å². The smallest absolute Gasteiger partial charge is 0.225 e. The van der Waals surface area contributed by atoms with E-state index < -0.39 is 0 Å². The van der Waals surface area contributed by atoms with E-state index in [1.807, 2.05) is 4.90 Å². The topological polar surface area (TPSA) is 60.4 Å². The summed E-state index contributed by atoms with van der Waals surface area (Å²) in [6.45, 7) is 10.1. The molecule has 0 radical (unpaired) electrons. The third kappa shape index (κ3) is 6.37.